The summed E-state index contributed by atoms with van der Waals surface area (Å²) in [5, 5.41) is 3.49. The molecule has 7 heteroatoms. The van der Waals surface area contributed by atoms with E-state index in [1.165, 1.54) is 12.8 Å². The van der Waals surface area contributed by atoms with Gasteiger partial charge >= 0.3 is 0 Å². The summed E-state index contributed by atoms with van der Waals surface area (Å²) in [6.07, 6.45) is 3.42. The Balaban J connectivity index is 1.51. The molecular weight excluding hydrogens is 394 g/mol. The van der Waals surface area contributed by atoms with Gasteiger partial charge in [0.1, 0.15) is 0 Å². The molecule has 2 saturated heterocycles. The molecule has 0 aliphatic carbocycles. The van der Waals surface area contributed by atoms with E-state index in [2.05, 4.69) is 5.32 Å². The molecule has 1 spiro atoms. The number of piperidine rings is 1. The number of hydrogen-bond acceptors (Lipinski definition) is 6. The van der Waals surface area contributed by atoms with E-state index in [-0.39, 0.29) is 11.3 Å². The number of hydrogen-bond donors (Lipinski definition) is 2. The van der Waals surface area contributed by atoms with Gasteiger partial charge in [-0.2, -0.15) is 0 Å². The molecule has 2 heterocycles. The van der Waals surface area contributed by atoms with Crippen molar-refractivity contribution < 1.29 is 19.0 Å². The molecule has 1 amide bonds. The molecule has 2 aliphatic heterocycles. The van der Waals surface area contributed by atoms with E-state index in [1.54, 1.807) is 32.4 Å². The number of nitrogens with zero attached hydrogens (tertiary/aromatic N) is 1. The highest BCUT2D eigenvalue weighted by Crippen LogP contribution is 2.39. The normalized spacial score (nSPS) is 20.7. The average Bonchev–Trinajstić information content (AvgIpc) is 3.22. The average molecular weight is 426 g/mol. The van der Waals surface area contributed by atoms with Gasteiger partial charge in [0.2, 0.25) is 0 Å². The maximum Gasteiger partial charge on any atom is 0.254 e. The van der Waals surface area contributed by atoms with Gasteiger partial charge in [-0.15, -0.1) is 0 Å². The quantitative estimate of drug-likeness (QED) is 0.739. The Bertz CT molecular complexity index is 940. The Morgan fingerprint density at radius 2 is 1.81 bits per heavy atom. The molecule has 0 saturated carbocycles. The van der Waals surface area contributed by atoms with Crippen LogP contribution < -0.4 is 25.3 Å². The van der Waals surface area contributed by atoms with E-state index >= 15 is 0 Å². The molecule has 4 rings (SSSR count). The number of ether oxygens (including phenoxy) is 3. The van der Waals surface area contributed by atoms with Crippen molar-refractivity contribution in [1.82, 2.24) is 10.2 Å². The van der Waals surface area contributed by atoms with Crippen LogP contribution in [-0.2, 0) is 6.54 Å². The van der Waals surface area contributed by atoms with Gasteiger partial charge in [-0.25, -0.2) is 0 Å². The zero-order valence-electron chi connectivity index (χ0n) is 18.3. The summed E-state index contributed by atoms with van der Waals surface area (Å²) in [6.45, 7) is 4.10. The summed E-state index contributed by atoms with van der Waals surface area (Å²) < 4.78 is 17.0. The van der Waals surface area contributed by atoms with Crippen molar-refractivity contribution in [3.05, 3.63) is 47.5 Å². The molecule has 2 aromatic carbocycles. The first-order valence-corrected chi connectivity index (χ1v) is 10.8. The first kappa shape index (κ1) is 21.5. The van der Waals surface area contributed by atoms with Crippen molar-refractivity contribution in [2.75, 3.05) is 40.4 Å². The van der Waals surface area contributed by atoms with Crippen molar-refractivity contribution in [3.63, 3.8) is 0 Å². The first-order valence-electron chi connectivity index (χ1n) is 10.8. The zero-order valence-corrected chi connectivity index (χ0v) is 18.3. The lowest BCUT2D eigenvalue weighted by molar-refractivity contribution is 0.0764. The number of nitrogens with one attached hydrogen (secondary N) is 1. The van der Waals surface area contributed by atoms with E-state index in [1.807, 2.05) is 23.1 Å². The van der Waals surface area contributed by atoms with Crippen molar-refractivity contribution in [2.24, 2.45) is 11.1 Å². The van der Waals surface area contributed by atoms with Crippen LogP contribution in [0.4, 0.5) is 0 Å². The molecule has 7 nitrogen and oxygen atoms in total. The Morgan fingerprint density at radius 1 is 1.06 bits per heavy atom. The lowest BCUT2D eigenvalue weighted by Crippen LogP contribution is -2.42. The summed E-state index contributed by atoms with van der Waals surface area (Å²) in [5.74, 6) is 2.21. The van der Waals surface area contributed by atoms with Gasteiger partial charge in [0, 0.05) is 37.2 Å². The van der Waals surface area contributed by atoms with Crippen LogP contribution in [0.1, 0.15) is 35.2 Å². The van der Waals surface area contributed by atoms with Crippen LogP contribution in [0.25, 0.3) is 0 Å². The third kappa shape index (κ3) is 4.48. The molecule has 3 N–H and O–H groups in total. The molecule has 0 bridgehead atoms. The number of likely N-dealkylation sites (tertiary alicyclic amines) is 1. The summed E-state index contributed by atoms with van der Waals surface area (Å²) in [6, 6.07) is 10.9. The number of benzene rings is 2. The van der Waals surface area contributed by atoms with Crippen LogP contribution in [-0.4, -0.2) is 51.2 Å². The minimum atomic E-state index is 0.0391. The smallest absolute Gasteiger partial charge is 0.254 e. The molecule has 31 heavy (non-hydrogen) atoms. The molecule has 166 valence electrons. The van der Waals surface area contributed by atoms with E-state index in [0.29, 0.717) is 35.1 Å². The Hall–Kier alpha value is -2.77. The van der Waals surface area contributed by atoms with Crippen molar-refractivity contribution in [3.8, 4) is 23.0 Å². The summed E-state index contributed by atoms with van der Waals surface area (Å²) >= 11 is 0. The largest absolute Gasteiger partial charge is 0.493 e. The van der Waals surface area contributed by atoms with Gasteiger partial charge in [-0.3, -0.25) is 4.79 Å². The maximum atomic E-state index is 13.2. The first-order chi connectivity index (χ1) is 15.1. The Labute approximate surface area is 183 Å². The molecule has 0 radical (unpaired) electrons. The van der Waals surface area contributed by atoms with Gasteiger partial charge in [-0.05, 0) is 61.7 Å². The molecular formula is C24H31N3O4. The van der Waals surface area contributed by atoms with Crippen molar-refractivity contribution >= 4 is 5.91 Å². The van der Waals surface area contributed by atoms with Crippen LogP contribution in [0.15, 0.2) is 36.4 Å². The molecule has 0 aromatic heterocycles. The fraction of sp³-hybridized carbons (Fsp3) is 0.458. The van der Waals surface area contributed by atoms with E-state index in [0.717, 1.165) is 38.2 Å². The van der Waals surface area contributed by atoms with Gasteiger partial charge in [0.15, 0.2) is 23.0 Å². The van der Waals surface area contributed by atoms with Crippen LogP contribution >= 0.6 is 0 Å². The Kier molecular flexibility index (Phi) is 6.34. The van der Waals surface area contributed by atoms with E-state index in [9.17, 15) is 4.79 Å². The van der Waals surface area contributed by atoms with Crippen molar-refractivity contribution in [1.29, 1.82) is 0 Å². The van der Waals surface area contributed by atoms with Gasteiger partial charge in [0.25, 0.3) is 5.91 Å². The monoisotopic (exact) mass is 425 g/mol. The zero-order chi connectivity index (χ0) is 21.8. The lowest BCUT2D eigenvalue weighted by atomic mass is 9.80. The molecule has 1 unspecified atom stereocenters. The third-order valence-electron chi connectivity index (χ3n) is 6.38. The highest BCUT2D eigenvalue weighted by atomic mass is 16.5. The number of methoxy groups -OCH3 is 2. The standard InChI is InChI=1S/C24H31N3O4/c1-29-21-12-17(14-25)4-6-19(21)31-20-7-5-18(13-22(20)30-2)23(28)27-11-9-24(16-27)8-3-10-26-15-24/h4-7,12-13,26H,3,8-11,14-16,25H2,1-2H3. The predicted octanol–water partition coefficient (Wildman–Crippen LogP) is 3.17. The highest BCUT2D eigenvalue weighted by Gasteiger charge is 2.40. The minimum Gasteiger partial charge on any atom is -0.493 e. The summed E-state index contributed by atoms with van der Waals surface area (Å²) in [4.78, 5) is 15.1. The Morgan fingerprint density at radius 3 is 2.48 bits per heavy atom. The molecule has 2 aromatic rings. The molecule has 1 atom stereocenters. The maximum absolute atomic E-state index is 13.2. The number of rotatable bonds is 6. The van der Waals surface area contributed by atoms with Crippen LogP contribution in [0.5, 0.6) is 23.0 Å². The number of amides is 1. The fourth-order valence-electron chi connectivity index (χ4n) is 4.60. The second kappa shape index (κ2) is 9.16. The highest BCUT2D eigenvalue weighted by molar-refractivity contribution is 5.95. The SMILES string of the molecule is COc1cc(CN)ccc1Oc1ccc(C(=O)N2CCC3(CCCNC3)C2)cc1OC. The molecule has 2 aliphatic rings. The van der Waals surface area contributed by atoms with Gasteiger partial charge in [0.05, 0.1) is 14.2 Å². The van der Waals surface area contributed by atoms with Gasteiger partial charge < -0.3 is 30.2 Å². The van der Waals surface area contributed by atoms with Gasteiger partial charge in [-0.1, -0.05) is 6.07 Å². The molecule has 2 fully saturated rings. The predicted molar refractivity (Wildman–Crippen MR) is 119 cm³/mol. The number of carbonyl (C=O) groups excluding carboxylic acids is 1. The second-order valence-corrected chi connectivity index (χ2v) is 8.41. The second-order valence-electron chi connectivity index (χ2n) is 8.41. The van der Waals surface area contributed by atoms with E-state index in [4.69, 9.17) is 19.9 Å². The van der Waals surface area contributed by atoms with E-state index < -0.39 is 0 Å². The minimum absolute atomic E-state index is 0.0391. The topological polar surface area (TPSA) is 86.1 Å². The third-order valence-corrected chi connectivity index (χ3v) is 6.38. The number of nitrogens with two attached hydrogens (primary N) is 1. The van der Waals surface area contributed by atoms with Crippen molar-refractivity contribution in [2.45, 2.75) is 25.8 Å². The van der Waals surface area contributed by atoms with Crippen LogP contribution in [0, 0.1) is 5.41 Å². The number of carbonyl (C=O) groups is 1. The lowest BCUT2D eigenvalue weighted by Gasteiger charge is -2.33. The fourth-order valence-corrected chi connectivity index (χ4v) is 4.60. The summed E-state index contributed by atoms with van der Waals surface area (Å²) in [7, 11) is 3.16. The van der Waals surface area contributed by atoms with Crippen LogP contribution in [0.2, 0.25) is 0 Å². The van der Waals surface area contributed by atoms with Crippen LogP contribution in [0.3, 0.4) is 0 Å². The summed E-state index contributed by atoms with van der Waals surface area (Å²) in [5.41, 5.74) is 7.50.